The normalized spacial score (nSPS) is 21.2. The minimum atomic E-state index is -0.985. The first kappa shape index (κ1) is 14.5. The van der Waals surface area contributed by atoms with Gasteiger partial charge in [0.25, 0.3) is 0 Å². The summed E-state index contributed by atoms with van der Waals surface area (Å²) in [4.78, 5) is 14.5. The standard InChI is InChI=1S/C17H24N2O2/c1-2-19(15-10-11-15)12-17(16(20)21,18-14-8-9-14)13-6-4-3-5-7-13/h3-7,14-15,18H,2,8-12H2,1H3,(H,20,21). The van der Waals surface area contributed by atoms with E-state index in [1.54, 1.807) is 0 Å². The number of nitrogens with zero attached hydrogens (tertiary/aromatic N) is 1. The van der Waals surface area contributed by atoms with Crippen LogP contribution in [0.5, 0.6) is 0 Å². The number of hydrogen-bond donors (Lipinski definition) is 2. The number of rotatable bonds is 8. The van der Waals surface area contributed by atoms with E-state index in [0.717, 1.165) is 24.9 Å². The molecule has 2 fully saturated rings. The van der Waals surface area contributed by atoms with E-state index in [-0.39, 0.29) is 0 Å². The molecule has 0 heterocycles. The molecule has 1 aromatic carbocycles. The first-order chi connectivity index (χ1) is 10.2. The topological polar surface area (TPSA) is 52.6 Å². The monoisotopic (exact) mass is 288 g/mol. The Morgan fingerprint density at radius 2 is 1.95 bits per heavy atom. The number of benzene rings is 1. The fraction of sp³-hybridized carbons (Fsp3) is 0.588. The summed E-state index contributed by atoms with van der Waals surface area (Å²) in [5, 5.41) is 13.4. The molecule has 0 aliphatic heterocycles. The minimum Gasteiger partial charge on any atom is -0.480 e. The molecule has 2 aliphatic rings. The van der Waals surface area contributed by atoms with Crippen LogP contribution >= 0.6 is 0 Å². The van der Waals surface area contributed by atoms with E-state index in [2.05, 4.69) is 17.1 Å². The molecule has 0 amide bonds. The maximum absolute atomic E-state index is 12.2. The smallest absolute Gasteiger partial charge is 0.329 e. The fourth-order valence-electron chi connectivity index (χ4n) is 3.02. The van der Waals surface area contributed by atoms with Crippen molar-refractivity contribution in [1.29, 1.82) is 0 Å². The largest absolute Gasteiger partial charge is 0.480 e. The van der Waals surface area contributed by atoms with Crippen LogP contribution < -0.4 is 5.32 Å². The molecule has 2 aliphatic carbocycles. The van der Waals surface area contributed by atoms with Crippen LogP contribution in [-0.4, -0.2) is 41.1 Å². The van der Waals surface area contributed by atoms with Gasteiger partial charge in [0.1, 0.15) is 0 Å². The Labute approximate surface area is 126 Å². The first-order valence-corrected chi connectivity index (χ1v) is 7.96. The van der Waals surface area contributed by atoms with E-state index in [1.807, 2.05) is 30.3 Å². The Hall–Kier alpha value is -1.39. The third kappa shape index (κ3) is 3.11. The summed E-state index contributed by atoms with van der Waals surface area (Å²) in [7, 11) is 0. The van der Waals surface area contributed by atoms with E-state index in [0.29, 0.717) is 18.6 Å². The molecule has 0 bridgehead atoms. The molecule has 1 unspecified atom stereocenters. The van der Waals surface area contributed by atoms with Crippen LogP contribution in [0.4, 0.5) is 0 Å². The van der Waals surface area contributed by atoms with Gasteiger partial charge in [-0.25, -0.2) is 4.79 Å². The lowest BCUT2D eigenvalue weighted by Gasteiger charge is -2.36. The fourth-order valence-corrected chi connectivity index (χ4v) is 3.02. The Morgan fingerprint density at radius 1 is 1.29 bits per heavy atom. The van der Waals surface area contributed by atoms with Crippen molar-refractivity contribution in [2.75, 3.05) is 13.1 Å². The highest BCUT2D eigenvalue weighted by molar-refractivity contribution is 5.81. The van der Waals surface area contributed by atoms with Gasteiger partial charge in [0, 0.05) is 18.6 Å². The third-order valence-electron chi connectivity index (χ3n) is 4.57. The molecule has 0 radical (unpaired) electrons. The Kier molecular flexibility index (Phi) is 4.00. The average molecular weight is 288 g/mol. The molecule has 21 heavy (non-hydrogen) atoms. The summed E-state index contributed by atoms with van der Waals surface area (Å²) in [5.41, 5.74) is -0.121. The quantitative estimate of drug-likeness (QED) is 0.770. The predicted molar refractivity (Wildman–Crippen MR) is 82.2 cm³/mol. The minimum absolute atomic E-state index is 0.346. The molecule has 1 atom stereocenters. The maximum Gasteiger partial charge on any atom is 0.329 e. The highest BCUT2D eigenvalue weighted by Gasteiger charge is 2.47. The third-order valence-corrected chi connectivity index (χ3v) is 4.57. The van der Waals surface area contributed by atoms with Crippen molar-refractivity contribution in [1.82, 2.24) is 10.2 Å². The van der Waals surface area contributed by atoms with E-state index < -0.39 is 11.5 Å². The molecule has 0 aromatic heterocycles. The molecule has 3 rings (SSSR count). The van der Waals surface area contributed by atoms with Gasteiger partial charge >= 0.3 is 5.97 Å². The molecule has 114 valence electrons. The lowest BCUT2D eigenvalue weighted by atomic mass is 9.88. The second-order valence-corrected chi connectivity index (χ2v) is 6.29. The zero-order chi connectivity index (χ0) is 14.9. The molecular formula is C17H24N2O2. The average Bonchev–Trinajstić information content (AvgIpc) is 3.38. The van der Waals surface area contributed by atoms with Gasteiger partial charge in [-0.15, -0.1) is 0 Å². The summed E-state index contributed by atoms with van der Waals surface area (Å²) in [6, 6.07) is 10.6. The van der Waals surface area contributed by atoms with Crippen molar-refractivity contribution in [3.05, 3.63) is 35.9 Å². The molecule has 4 nitrogen and oxygen atoms in total. The van der Waals surface area contributed by atoms with E-state index in [4.69, 9.17) is 0 Å². The van der Waals surface area contributed by atoms with Crippen molar-refractivity contribution in [3.63, 3.8) is 0 Å². The van der Waals surface area contributed by atoms with Gasteiger partial charge in [-0.05, 0) is 37.8 Å². The van der Waals surface area contributed by atoms with Crippen molar-refractivity contribution >= 4 is 5.97 Å². The van der Waals surface area contributed by atoms with E-state index in [9.17, 15) is 9.90 Å². The predicted octanol–water partition coefficient (Wildman–Crippen LogP) is 2.20. The summed E-state index contributed by atoms with van der Waals surface area (Å²) in [5.74, 6) is -0.764. The summed E-state index contributed by atoms with van der Waals surface area (Å²) in [6.45, 7) is 3.57. The maximum atomic E-state index is 12.2. The summed E-state index contributed by atoms with van der Waals surface area (Å²) < 4.78 is 0. The van der Waals surface area contributed by atoms with Crippen molar-refractivity contribution in [2.45, 2.75) is 50.2 Å². The van der Waals surface area contributed by atoms with Gasteiger partial charge in [-0.3, -0.25) is 10.2 Å². The van der Waals surface area contributed by atoms with E-state index in [1.165, 1.54) is 12.8 Å². The Morgan fingerprint density at radius 3 is 2.43 bits per heavy atom. The van der Waals surface area contributed by atoms with Gasteiger partial charge in [0.2, 0.25) is 0 Å². The molecule has 0 spiro atoms. The van der Waals surface area contributed by atoms with Gasteiger partial charge in [-0.1, -0.05) is 37.3 Å². The number of carboxylic acids is 1. The second-order valence-electron chi connectivity index (χ2n) is 6.29. The number of carbonyl (C=O) groups is 1. The van der Waals surface area contributed by atoms with Crippen LogP contribution in [0.2, 0.25) is 0 Å². The lowest BCUT2D eigenvalue weighted by Crippen LogP contribution is -2.57. The van der Waals surface area contributed by atoms with Crippen LogP contribution in [0.25, 0.3) is 0 Å². The van der Waals surface area contributed by atoms with Crippen LogP contribution in [-0.2, 0) is 10.3 Å². The van der Waals surface area contributed by atoms with Crippen LogP contribution in [0.1, 0.15) is 38.2 Å². The number of carboxylic acid groups (broad SMARTS) is 1. The molecule has 0 saturated heterocycles. The molecule has 1 aromatic rings. The van der Waals surface area contributed by atoms with Crippen molar-refractivity contribution in [2.24, 2.45) is 0 Å². The first-order valence-electron chi connectivity index (χ1n) is 7.96. The number of hydrogen-bond acceptors (Lipinski definition) is 3. The van der Waals surface area contributed by atoms with Crippen molar-refractivity contribution < 1.29 is 9.90 Å². The number of likely N-dealkylation sites (N-methyl/N-ethyl adjacent to an activating group) is 1. The lowest BCUT2D eigenvalue weighted by molar-refractivity contribution is -0.146. The molecule has 2 saturated carbocycles. The molecule has 4 heteroatoms. The van der Waals surface area contributed by atoms with Crippen LogP contribution in [0.3, 0.4) is 0 Å². The Balaban J connectivity index is 1.92. The van der Waals surface area contributed by atoms with Gasteiger partial charge in [-0.2, -0.15) is 0 Å². The highest BCUT2D eigenvalue weighted by atomic mass is 16.4. The zero-order valence-corrected chi connectivity index (χ0v) is 12.6. The Bertz CT molecular complexity index is 497. The highest BCUT2D eigenvalue weighted by Crippen LogP contribution is 2.34. The van der Waals surface area contributed by atoms with Crippen LogP contribution in [0, 0.1) is 0 Å². The van der Waals surface area contributed by atoms with Gasteiger partial charge in [0.15, 0.2) is 5.54 Å². The van der Waals surface area contributed by atoms with Gasteiger partial charge in [0.05, 0.1) is 0 Å². The summed E-state index contributed by atoms with van der Waals surface area (Å²) in [6.07, 6.45) is 4.55. The SMILES string of the molecule is CCN(CC(NC1CC1)(C(=O)O)c1ccccc1)C1CC1. The zero-order valence-electron chi connectivity index (χ0n) is 12.6. The second kappa shape index (κ2) is 5.78. The number of nitrogens with one attached hydrogen (secondary N) is 1. The van der Waals surface area contributed by atoms with Gasteiger partial charge < -0.3 is 5.11 Å². The summed E-state index contributed by atoms with van der Waals surface area (Å²) >= 11 is 0. The molecule has 2 N–H and O–H groups in total. The van der Waals surface area contributed by atoms with Crippen molar-refractivity contribution in [3.8, 4) is 0 Å². The van der Waals surface area contributed by atoms with Crippen LogP contribution in [0.15, 0.2) is 30.3 Å². The number of aliphatic carboxylic acids is 1. The molecular weight excluding hydrogens is 264 g/mol. The van der Waals surface area contributed by atoms with E-state index >= 15 is 0 Å².